The molecular weight excluding hydrogens is 386 g/mol. The van der Waals surface area contributed by atoms with Gasteiger partial charge < -0.3 is 25.6 Å². The molecule has 154 valence electrons. The molecule has 1 aromatic carbocycles. The van der Waals surface area contributed by atoms with Gasteiger partial charge in [0.2, 0.25) is 10.8 Å². The first-order valence-electron chi connectivity index (χ1n) is 10.3. The Morgan fingerprint density at radius 1 is 1.14 bits per heavy atom. The Kier molecular flexibility index (Phi) is 4.70. The Labute approximate surface area is 173 Å². The van der Waals surface area contributed by atoms with E-state index in [2.05, 4.69) is 22.3 Å². The molecule has 1 atom stereocenters. The predicted molar refractivity (Wildman–Crippen MR) is 113 cm³/mol. The van der Waals surface area contributed by atoms with Crippen LogP contribution in [0, 0.1) is 0 Å². The second-order valence-corrected chi connectivity index (χ2v) is 10.0. The van der Waals surface area contributed by atoms with Gasteiger partial charge in [0.25, 0.3) is 0 Å². The van der Waals surface area contributed by atoms with Crippen LogP contribution in [0.15, 0.2) is 35.2 Å². The molecule has 1 unspecified atom stereocenters. The minimum Gasteiger partial charge on any atom is -0.611 e. The summed E-state index contributed by atoms with van der Waals surface area (Å²) in [6, 6.07) is 10.3. The zero-order valence-electron chi connectivity index (χ0n) is 16.4. The van der Waals surface area contributed by atoms with Crippen molar-refractivity contribution >= 4 is 22.9 Å². The van der Waals surface area contributed by atoms with E-state index >= 15 is 0 Å². The smallest absolute Gasteiger partial charge is 0.227 e. The van der Waals surface area contributed by atoms with E-state index < -0.39 is 11.2 Å². The fraction of sp³-hybridized carbons (Fsp3) is 0.524. The zero-order valence-corrected chi connectivity index (χ0v) is 17.2. The van der Waals surface area contributed by atoms with E-state index in [1.807, 2.05) is 18.2 Å². The van der Waals surface area contributed by atoms with E-state index in [1.165, 1.54) is 5.56 Å². The van der Waals surface area contributed by atoms with Gasteiger partial charge in [0.05, 0.1) is 12.1 Å². The van der Waals surface area contributed by atoms with Crippen molar-refractivity contribution in [2.24, 2.45) is 5.73 Å². The third kappa shape index (κ3) is 3.48. The standard InChI is InChI=1S/C21H27N5O2S/c22-21(15-4-2-1-3-5-15)9-11-26(12-10-21)19-23-16-6-13-29(28)17(16)18(24-19)25-20(14-27)7-8-20/h1-5,27H,6-14,22H2,(H,23,24,25). The molecule has 1 saturated carbocycles. The number of aryl methyl sites for hydroxylation is 1. The molecule has 3 heterocycles. The Bertz CT molecular complexity index is 897. The van der Waals surface area contributed by atoms with Crippen LogP contribution in [0.1, 0.15) is 36.9 Å². The molecule has 2 aliphatic heterocycles. The quantitative estimate of drug-likeness (QED) is 0.638. The van der Waals surface area contributed by atoms with Crippen LogP contribution >= 0.6 is 0 Å². The molecule has 8 heteroatoms. The van der Waals surface area contributed by atoms with E-state index in [0.29, 0.717) is 23.9 Å². The van der Waals surface area contributed by atoms with Crippen molar-refractivity contribution in [1.82, 2.24) is 9.97 Å². The Hall–Kier alpha value is -1.87. The first-order chi connectivity index (χ1) is 14.0. The van der Waals surface area contributed by atoms with Crippen molar-refractivity contribution < 1.29 is 9.66 Å². The van der Waals surface area contributed by atoms with Gasteiger partial charge in [0, 0.05) is 25.0 Å². The van der Waals surface area contributed by atoms with Crippen LogP contribution in [0.4, 0.5) is 11.8 Å². The second kappa shape index (κ2) is 7.12. The fourth-order valence-electron chi connectivity index (χ4n) is 4.30. The number of nitrogens with two attached hydrogens (primary N) is 1. The SMILES string of the molecule is NC1(c2ccccc2)CCN(c2nc3c(c(NC4(CO)CC4)n2)[S+]([O-])CC3)CC1. The third-order valence-corrected chi connectivity index (χ3v) is 7.96. The summed E-state index contributed by atoms with van der Waals surface area (Å²) in [7, 11) is 0. The lowest BCUT2D eigenvalue weighted by Gasteiger charge is -2.39. The molecule has 4 N–H and O–H groups in total. The average Bonchev–Trinajstić information content (AvgIpc) is 3.43. The Morgan fingerprint density at radius 3 is 2.52 bits per heavy atom. The van der Waals surface area contributed by atoms with E-state index in [1.54, 1.807) is 0 Å². The molecule has 5 rings (SSSR count). The van der Waals surface area contributed by atoms with Gasteiger partial charge in [0.15, 0.2) is 5.82 Å². The highest BCUT2D eigenvalue weighted by atomic mass is 32.2. The Balaban J connectivity index is 1.39. The molecule has 0 bridgehead atoms. The van der Waals surface area contributed by atoms with Gasteiger partial charge in [-0.1, -0.05) is 30.3 Å². The van der Waals surface area contributed by atoms with Gasteiger partial charge in [-0.25, -0.2) is 4.98 Å². The normalized spacial score (nSPS) is 24.2. The minimum absolute atomic E-state index is 0.0597. The summed E-state index contributed by atoms with van der Waals surface area (Å²) in [5, 5.41) is 13.1. The summed E-state index contributed by atoms with van der Waals surface area (Å²) in [6.45, 7) is 1.61. The van der Waals surface area contributed by atoms with Gasteiger partial charge in [-0.15, -0.1) is 0 Å². The second-order valence-electron chi connectivity index (χ2n) is 8.52. The fourth-order valence-corrected chi connectivity index (χ4v) is 5.61. The third-order valence-electron chi connectivity index (χ3n) is 6.50. The zero-order chi connectivity index (χ0) is 20.1. The molecule has 7 nitrogen and oxygen atoms in total. The highest BCUT2D eigenvalue weighted by Gasteiger charge is 2.45. The molecule has 0 radical (unpaired) electrons. The number of nitrogens with zero attached hydrogens (tertiary/aromatic N) is 3. The molecule has 1 aliphatic carbocycles. The van der Waals surface area contributed by atoms with Crippen LogP contribution in [0.2, 0.25) is 0 Å². The van der Waals surface area contributed by atoms with Crippen molar-refractivity contribution in [2.45, 2.75) is 48.1 Å². The lowest BCUT2D eigenvalue weighted by atomic mass is 9.82. The molecule has 2 fully saturated rings. The summed E-state index contributed by atoms with van der Waals surface area (Å²) in [5.41, 5.74) is 8.13. The molecular formula is C21H27N5O2S. The van der Waals surface area contributed by atoms with E-state index in [4.69, 9.17) is 15.7 Å². The van der Waals surface area contributed by atoms with Crippen LogP contribution in [0.5, 0.6) is 0 Å². The summed E-state index contributed by atoms with van der Waals surface area (Å²) in [6.07, 6.45) is 4.16. The monoisotopic (exact) mass is 413 g/mol. The van der Waals surface area contributed by atoms with Gasteiger partial charge in [-0.05, 0) is 42.4 Å². The Morgan fingerprint density at radius 2 is 1.86 bits per heavy atom. The number of rotatable bonds is 5. The van der Waals surface area contributed by atoms with Crippen molar-refractivity contribution in [2.75, 3.05) is 35.7 Å². The summed E-state index contributed by atoms with van der Waals surface area (Å²) in [4.78, 5) is 12.4. The van der Waals surface area contributed by atoms with E-state index in [-0.39, 0.29) is 17.7 Å². The molecule has 0 amide bonds. The molecule has 1 aromatic heterocycles. The largest absolute Gasteiger partial charge is 0.611 e. The highest BCUT2D eigenvalue weighted by Crippen LogP contribution is 2.42. The summed E-state index contributed by atoms with van der Waals surface area (Å²) >= 11 is -1.08. The van der Waals surface area contributed by atoms with Crippen molar-refractivity contribution in [3.05, 3.63) is 41.6 Å². The average molecular weight is 414 g/mol. The van der Waals surface area contributed by atoms with Crippen LogP contribution in [-0.4, -0.2) is 50.6 Å². The molecule has 3 aliphatic rings. The summed E-state index contributed by atoms with van der Waals surface area (Å²) < 4.78 is 12.5. The number of aliphatic hydroxyl groups excluding tert-OH is 1. The predicted octanol–water partition coefficient (Wildman–Crippen LogP) is 1.53. The van der Waals surface area contributed by atoms with Crippen molar-refractivity contribution in [3.8, 4) is 0 Å². The maximum atomic E-state index is 12.5. The molecule has 0 spiro atoms. The van der Waals surface area contributed by atoms with Gasteiger partial charge in [-0.3, -0.25) is 0 Å². The number of aromatic nitrogens is 2. The summed E-state index contributed by atoms with van der Waals surface area (Å²) in [5.74, 6) is 1.91. The number of fused-ring (bicyclic) bond motifs is 1. The number of aliphatic hydroxyl groups is 1. The van der Waals surface area contributed by atoms with Gasteiger partial charge in [0.1, 0.15) is 11.4 Å². The number of piperidine rings is 1. The number of anilines is 2. The van der Waals surface area contributed by atoms with Crippen molar-refractivity contribution in [1.29, 1.82) is 0 Å². The topological polar surface area (TPSA) is 110 Å². The van der Waals surface area contributed by atoms with Crippen molar-refractivity contribution in [3.63, 3.8) is 0 Å². The van der Waals surface area contributed by atoms with Crippen LogP contribution in [0.25, 0.3) is 0 Å². The maximum absolute atomic E-state index is 12.5. The van der Waals surface area contributed by atoms with Crippen LogP contribution < -0.4 is 16.0 Å². The van der Waals surface area contributed by atoms with Gasteiger partial charge in [-0.2, -0.15) is 4.98 Å². The number of hydrogen-bond acceptors (Lipinski definition) is 7. The molecule has 1 saturated heterocycles. The molecule has 29 heavy (non-hydrogen) atoms. The van der Waals surface area contributed by atoms with Crippen LogP contribution in [-0.2, 0) is 23.1 Å². The lowest BCUT2D eigenvalue weighted by Crippen LogP contribution is -2.48. The minimum atomic E-state index is -1.08. The first-order valence-corrected chi connectivity index (χ1v) is 11.6. The first kappa shape index (κ1) is 19.1. The number of hydrogen-bond donors (Lipinski definition) is 3. The van der Waals surface area contributed by atoms with Crippen LogP contribution in [0.3, 0.4) is 0 Å². The number of benzene rings is 1. The number of nitrogens with one attached hydrogen (secondary N) is 1. The van der Waals surface area contributed by atoms with E-state index in [0.717, 1.165) is 49.4 Å². The highest BCUT2D eigenvalue weighted by molar-refractivity contribution is 7.91. The van der Waals surface area contributed by atoms with E-state index in [9.17, 15) is 9.66 Å². The maximum Gasteiger partial charge on any atom is 0.227 e. The van der Waals surface area contributed by atoms with Gasteiger partial charge >= 0.3 is 0 Å². The molecule has 2 aromatic rings. The lowest BCUT2D eigenvalue weighted by molar-refractivity contribution is 0.265.